The molecule has 0 aromatic heterocycles. The molecule has 2 atom stereocenters. The first-order valence-corrected chi connectivity index (χ1v) is 8.92. The minimum Gasteiger partial charge on any atom is -0.443 e. The van der Waals surface area contributed by atoms with E-state index in [1.54, 1.807) is 0 Å². The van der Waals surface area contributed by atoms with Gasteiger partial charge in [0.15, 0.2) is 0 Å². The number of aryl methyl sites for hydroxylation is 1. The average molecular weight is 315 g/mol. The fourth-order valence-electron chi connectivity index (χ4n) is 4.24. The van der Waals surface area contributed by atoms with Crippen molar-refractivity contribution in [2.24, 2.45) is 0 Å². The van der Waals surface area contributed by atoms with Gasteiger partial charge in [0.25, 0.3) is 0 Å². The quantitative estimate of drug-likeness (QED) is 0.716. The van der Waals surface area contributed by atoms with Crippen molar-refractivity contribution in [3.05, 3.63) is 28.3 Å². The first-order chi connectivity index (χ1) is 10.7. The zero-order valence-electron chi connectivity index (χ0n) is 15.3. The Labute approximate surface area is 140 Å². The topological polar surface area (TPSA) is 29.5 Å². The Hall–Kier alpha value is -1.51. The molecule has 3 rings (SSSR count). The van der Waals surface area contributed by atoms with E-state index in [2.05, 4.69) is 26.8 Å². The molecular formula is C20H29NO2. The maximum absolute atomic E-state index is 12.7. The number of anilines is 1. The van der Waals surface area contributed by atoms with E-state index in [0.717, 1.165) is 19.4 Å². The molecule has 3 heteroatoms. The number of carbonyl (C=O) groups excluding carboxylic acids is 1. The van der Waals surface area contributed by atoms with Gasteiger partial charge in [0.2, 0.25) is 0 Å². The van der Waals surface area contributed by atoms with Crippen LogP contribution in [0.4, 0.5) is 10.5 Å². The van der Waals surface area contributed by atoms with Gasteiger partial charge >= 0.3 is 6.09 Å². The number of carbonyl (C=O) groups is 1. The maximum Gasteiger partial charge on any atom is 0.414 e. The summed E-state index contributed by atoms with van der Waals surface area (Å²) < 4.78 is 5.66. The fourth-order valence-corrected chi connectivity index (χ4v) is 4.24. The van der Waals surface area contributed by atoms with Crippen LogP contribution in [0.15, 0.2) is 6.07 Å². The van der Waals surface area contributed by atoms with Gasteiger partial charge in [0.1, 0.15) is 5.60 Å². The molecule has 1 aromatic rings. The third kappa shape index (κ3) is 2.75. The molecule has 1 aliphatic carbocycles. The minimum atomic E-state index is -0.454. The number of hydrogen-bond acceptors (Lipinski definition) is 2. The molecule has 0 saturated heterocycles. The van der Waals surface area contributed by atoms with Gasteiger partial charge in [-0.3, -0.25) is 4.90 Å². The zero-order valence-corrected chi connectivity index (χ0v) is 15.3. The maximum atomic E-state index is 12.7. The summed E-state index contributed by atoms with van der Waals surface area (Å²) in [6, 6.07) is 2.40. The summed E-state index contributed by atoms with van der Waals surface area (Å²) >= 11 is 0. The van der Waals surface area contributed by atoms with Gasteiger partial charge < -0.3 is 4.74 Å². The molecule has 1 heterocycles. The lowest BCUT2D eigenvalue weighted by molar-refractivity contribution is 0.0583. The van der Waals surface area contributed by atoms with Crippen LogP contribution in [-0.4, -0.2) is 18.2 Å². The van der Waals surface area contributed by atoms with Crippen LogP contribution in [-0.2, 0) is 17.6 Å². The number of fused-ring (bicyclic) bond motifs is 3. The summed E-state index contributed by atoms with van der Waals surface area (Å²) in [5, 5.41) is 0. The van der Waals surface area contributed by atoms with E-state index in [1.807, 2.05) is 25.7 Å². The molecule has 0 radical (unpaired) electrons. The van der Waals surface area contributed by atoms with E-state index in [4.69, 9.17) is 4.74 Å². The number of ether oxygens (including phenoxy) is 1. The van der Waals surface area contributed by atoms with E-state index in [0.29, 0.717) is 11.8 Å². The molecule has 126 valence electrons. The lowest BCUT2D eigenvalue weighted by Crippen LogP contribution is -2.36. The van der Waals surface area contributed by atoms with Crippen molar-refractivity contribution in [2.45, 2.75) is 78.2 Å². The zero-order chi connectivity index (χ0) is 16.9. The van der Waals surface area contributed by atoms with Crippen molar-refractivity contribution in [1.82, 2.24) is 0 Å². The van der Waals surface area contributed by atoms with Gasteiger partial charge in [-0.2, -0.15) is 0 Å². The first kappa shape index (κ1) is 16.4. The lowest BCUT2D eigenvalue weighted by atomic mass is 9.92. The van der Waals surface area contributed by atoms with Crippen molar-refractivity contribution >= 4 is 11.8 Å². The molecule has 1 amide bonds. The highest BCUT2D eigenvalue weighted by Crippen LogP contribution is 2.50. The summed E-state index contributed by atoms with van der Waals surface area (Å²) in [5.41, 5.74) is 6.34. The second kappa shape index (κ2) is 5.54. The van der Waals surface area contributed by atoms with Crippen LogP contribution in [0, 0.1) is 0 Å². The molecule has 0 N–H and O–H groups in total. The van der Waals surface area contributed by atoms with Crippen molar-refractivity contribution < 1.29 is 9.53 Å². The second-order valence-electron chi connectivity index (χ2n) is 8.14. The smallest absolute Gasteiger partial charge is 0.414 e. The number of rotatable bonds is 1. The molecular weight excluding hydrogens is 286 g/mol. The van der Waals surface area contributed by atoms with E-state index < -0.39 is 5.60 Å². The van der Waals surface area contributed by atoms with Crippen LogP contribution in [0.25, 0.3) is 0 Å². The van der Waals surface area contributed by atoms with Crippen molar-refractivity contribution in [3.63, 3.8) is 0 Å². The SMILES string of the molecule is CCc1cc2c(c3c1CCN3C(=O)OC(C)(C)C)[C@@H](C)C[C@H]2C. The summed E-state index contributed by atoms with van der Waals surface area (Å²) in [4.78, 5) is 14.6. The Morgan fingerprint density at radius 3 is 2.61 bits per heavy atom. The lowest BCUT2D eigenvalue weighted by Gasteiger charge is -2.27. The van der Waals surface area contributed by atoms with Crippen LogP contribution < -0.4 is 4.90 Å². The number of benzene rings is 1. The van der Waals surface area contributed by atoms with Gasteiger partial charge in [-0.25, -0.2) is 4.79 Å². The molecule has 0 fully saturated rings. The van der Waals surface area contributed by atoms with Crippen LogP contribution in [0.1, 0.15) is 82.1 Å². The predicted molar refractivity (Wildman–Crippen MR) is 94.6 cm³/mol. The first-order valence-electron chi connectivity index (χ1n) is 8.92. The van der Waals surface area contributed by atoms with Crippen LogP contribution in [0.5, 0.6) is 0 Å². The molecule has 1 aliphatic heterocycles. The Bertz CT molecular complexity index is 642. The highest BCUT2D eigenvalue weighted by molar-refractivity contribution is 5.93. The van der Waals surface area contributed by atoms with E-state index in [-0.39, 0.29) is 6.09 Å². The van der Waals surface area contributed by atoms with Crippen LogP contribution in [0.2, 0.25) is 0 Å². The molecule has 1 aromatic carbocycles. The van der Waals surface area contributed by atoms with E-state index in [9.17, 15) is 4.79 Å². The van der Waals surface area contributed by atoms with Crippen molar-refractivity contribution in [3.8, 4) is 0 Å². The molecule has 0 bridgehead atoms. The number of hydrogen-bond donors (Lipinski definition) is 0. The highest BCUT2D eigenvalue weighted by Gasteiger charge is 2.38. The summed E-state index contributed by atoms with van der Waals surface area (Å²) in [7, 11) is 0. The Kier molecular flexibility index (Phi) is 3.94. The Balaban J connectivity index is 2.09. The second-order valence-corrected chi connectivity index (χ2v) is 8.14. The predicted octanol–water partition coefficient (Wildman–Crippen LogP) is 5.16. The Morgan fingerprint density at radius 1 is 1.30 bits per heavy atom. The minimum absolute atomic E-state index is 0.196. The fraction of sp³-hybridized carbons (Fsp3) is 0.650. The summed E-state index contributed by atoms with van der Waals surface area (Å²) in [5.74, 6) is 1.10. The molecule has 0 saturated carbocycles. The van der Waals surface area contributed by atoms with E-state index >= 15 is 0 Å². The molecule has 23 heavy (non-hydrogen) atoms. The van der Waals surface area contributed by atoms with Crippen LogP contribution >= 0.6 is 0 Å². The third-order valence-electron chi connectivity index (χ3n) is 5.15. The monoisotopic (exact) mass is 315 g/mol. The largest absolute Gasteiger partial charge is 0.443 e. The van der Waals surface area contributed by atoms with Gasteiger partial charge in [0.05, 0.1) is 5.69 Å². The number of nitrogens with zero attached hydrogens (tertiary/aromatic N) is 1. The molecule has 2 aliphatic rings. The van der Waals surface area contributed by atoms with Crippen LogP contribution in [0.3, 0.4) is 0 Å². The summed E-state index contributed by atoms with van der Waals surface area (Å²) in [6.45, 7) is 13.3. The van der Waals surface area contributed by atoms with Crippen molar-refractivity contribution in [2.75, 3.05) is 11.4 Å². The van der Waals surface area contributed by atoms with Gasteiger partial charge in [-0.15, -0.1) is 0 Å². The standard InChI is InChI=1S/C20H29NO2/c1-7-14-11-16-12(2)10-13(3)17(16)18-15(14)8-9-21(18)19(22)23-20(4,5)6/h11-13H,7-10H2,1-6H3/t12-,13+/m1/s1. The average Bonchev–Trinajstić information content (AvgIpc) is 2.98. The highest BCUT2D eigenvalue weighted by atomic mass is 16.6. The van der Waals surface area contributed by atoms with Gasteiger partial charge in [-0.05, 0) is 74.1 Å². The molecule has 3 nitrogen and oxygen atoms in total. The molecule has 0 spiro atoms. The number of amides is 1. The third-order valence-corrected chi connectivity index (χ3v) is 5.15. The Morgan fingerprint density at radius 2 is 2.00 bits per heavy atom. The van der Waals surface area contributed by atoms with Gasteiger partial charge in [-0.1, -0.05) is 26.8 Å². The normalized spacial score (nSPS) is 23.0. The van der Waals surface area contributed by atoms with Gasteiger partial charge in [0, 0.05) is 6.54 Å². The molecule has 0 unspecified atom stereocenters. The van der Waals surface area contributed by atoms with Crippen molar-refractivity contribution in [1.29, 1.82) is 0 Å². The summed E-state index contributed by atoms with van der Waals surface area (Å²) in [6.07, 6.45) is 2.96. The van der Waals surface area contributed by atoms with E-state index in [1.165, 1.54) is 34.4 Å².